The maximum atomic E-state index is 13.2. The average molecular weight is 402 g/mol. The summed E-state index contributed by atoms with van der Waals surface area (Å²) in [7, 11) is 1.60. The largest absolute Gasteiger partial charge is 0.370 e. The topological polar surface area (TPSA) is 101 Å². The second-order valence-electron chi connectivity index (χ2n) is 7.30. The van der Waals surface area contributed by atoms with Gasteiger partial charge in [-0.25, -0.2) is 0 Å². The summed E-state index contributed by atoms with van der Waals surface area (Å²) < 4.78 is 5.73. The van der Waals surface area contributed by atoms with Gasteiger partial charge in [0.1, 0.15) is 12.1 Å². The van der Waals surface area contributed by atoms with Gasteiger partial charge >= 0.3 is 0 Å². The van der Waals surface area contributed by atoms with Crippen LogP contribution >= 0.6 is 0 Å². The highest BCUT2D eigenvalue weighted by Crippen LogP contribution is 2.42. The van der Waals surface area contributed by atoms with Crippen LogP contribution in [0, 0.1) is 0 Å². The number of imide groups is 1. The SMILES string of the molecule is COC(c1cccnc1)c1ncc2c3c(cccc13)C(=O)N2C1CCC(=O)NC1=O. The lowest BCUT2D eigenvalue weighted by Crippen LogP contribution is -2.53. The molecule has 1 aromatic carbocycles. The molecule has 3 amide bonds. The minimum absolute atomic E-state index is 0.192. The Morgan fingerprint density at radius 2 is 2.03 bits per heavy atom. The Morgan fingerprint density at radius 3 is 2.77 bits per heavy atom. The van der Waals surface area contributed by atoms with E-state index in [4.69, 9.17) is 4.74 Å². The normalized spacial score (nSPS) is 19.3. The molecule has 8 nitrogen and oxygen atoms in total. The summed E-state index contributed by atoms with van der Waals surface area (Å²) in [5.74, 6) is -1.05. The van der Waals surface area contributed by atoms with Gasteiger partial charge in [0.2, 0.25) is 11.8 Å². The molecule has 2 aliphatic rings. The number of methoxy groups -OCH3 is 1. The van der Waals surface area contributed by atoms with Gasteiger partial charge < -0.3 is 4.74 Å². The van der Waals surface area contributed by atoms with E-state index in [1.807, 2.05) is 18.2 Å². The van der Waals surface area contributed by atoms with Crippen LogP contribution in [-0.2, 0) is 14.3 Å². The first kappa shape index (κ1) is 18.4. The van der Waals surface area contributed by atoms with Crippen LogP contribution in [0.15, 0.2) is 48.9 Å². The monoisotopic (exact) mass is 402 g/mol. The lowest BCUT2D eigenvalue weighted by Gasteiger charge is -2.30. The number of benzene rings is 1. The molecule has 0 aliphatic carbocycles. The van der Waals surface area contributed by atoms with E-state index in [9.17, 15) is 14.4 Å². The molecule has 8 heteroatoms. The number of ether oxygens (including phenoxy) is 1. The minimum atomic E-state index is -0.741. The molecule has 4 heterocycles. The number of pyridine rings is 2. The third-order valence-corrected chi connectivity index (χ3v) is 5.62. The summed E-state index contributed by atoms with van der Waals surface area (Å²) in [6.45, 7) is 0. The molecule has 0 bridgehead atoms. The first-order chi connectivity index (χ1) is 14.6. The zero-order valence-electron chi connectivity index (χ0n) is 16.2. The van der Waals surface area contributed by atoms with Gasteiger partial charge in [0.15, 0.2) is 0 Å². The van der Waals surface area contributed by atoms with Crippen LogP contribution in [0.3, 0.4) is 0 Å². The van der Waals surface area contributed by atoms with Gasteiger partial charge in [0, 0.05) is 47.8 Å². The van der Waals surface area contributed by atoms with Crippen molar-refractivity contribution in [3.63, 3.8) is 0 Å². The number of hydrogen-bond acceptors (Lipinski definition) is 6. The highest BCUT2D eigenvalue weighted by atomic mass is 16.5. The van der Waals surface area contributed by atoms with E-state index in [0.717, 1.165) is 16.3 Å². The standard InChI is InChI=1S/C22H18N4O4/c1-30-20(12-4-3-9-23-10-12)19-13-5-2-6-14-18(13)16(11-24-19)26(22(14)29)15-7-8-17(27)25-21(15)28/h2-6,9-11,15,20H,7-8H2,1H3,(H,25,27,28). The Balaban J connectivity index is 1.65. The third-order valence-electron chi connectivity index (χ3n) is 5.62. The first-order valence-electron chi connectivity index (χ1n) is 9.61. The molecular formula is C22H18N4O4. The smallest absolute Gasteiger partial charge is 0.259 e. The molecule has 0 spiro atoms. The van der Waals surface area contributed by atoms with E-state index in [0.29, 0.717) is 16.9 Å². The summed E-state index contributed by atoms with van der Waals surface area (Å²) in [6.07, 6.45) is 5.04. The molecule has 1 saturated heterocycles. The zero-order chi connectivity index (χ0) is 20.8. The van der Waals surface area contributed by atoms with Gasteiger partial charge in [-0.15, -0.1) is 0 Å². The molecule has 2 unspecified atom stereocenters. The van der Waals surface area contributed by atoms with Gasteiger partial charge in [0.25, 0.3) is 5.91 Å². The Labute approximate surface area is 171 Å². The number of amides is 3. The van der Waals surface area contributed by atoms with Gasteiger partial charge in [0.05, 0.1) is 17.6 Å². The predicted octanol–water partition coefficient (Wildman–Crippen LogP) is 2.13. The highest BCUT2D eigenvalue weighted by Gasteiger charge is 2.41. The number of anilines is 1. The molecule has 1 N–H and O–H groups in total. The minimum Gasteiger partial charge on any atom is -0.370 e. The molecule has 2 aromatic heterocycles. The number of carbonyl (C=O) groups is 3. The summed E-state index contributed by atoms with van der Waals surface area (Å²) >= 11 is 0. The van der Waals surface area contributed by atoms with Crippen molar-refractivity contribution in [3.05, 3.63) is 65.7 Å². The summed E-state index contributed by atoms with van der Waals surface area (Å²) in [6, 6.07) is 8.44. The predicted molar refractivity (Wildman–Crippen MR) is 108 cm³/mol. The molecule has 150 valence electrons. The molecule has 0 saturated carbocycles. The van der Waals surface area contributed by atoms with Crippen molar-refractivity contribution in [2.75, 3.05) is 12.0 Å². The fourth-order valence-corrected chi connectivity index (χ4v) is 4.29. The van der Waals surface area contributed by atoms with Crippen molar-refractivity contribution in [1.29, 1.82) is 0 Å². The van der Waals surface area contributed by atoms with Crippen molar-refractivity contribution in [2.45, 2.75) is 25.0 Å². The molecule has 5 rings (SSSR count). The van der Waals surface area contributed by atoms with E-state index in [2.05, 4.69) is 15.3 Å². The quantitative estimate of drug-likeness (QED) is 0.671. The van der Waals surface area contributed by atoms with Crippen LogP contribution in [-0.4, -0.2) is 40.8 Å². The van der Waals surface area contributed by atoms with E-state index >= 15 is 0 Å². The Hall–Kier alpha value is -3.65. The lowest BCUT2D eigenvalue weighted by molar-refractivity contribution is -0.134. The van der Waals surface area contributed by atoms with E-state index in [1.54, 1.807) is 37.8 Å². The maximum Gasteiger partial charge on any atom is 0.259 e. The fraction of sp³-hybridized carbons (Fsp3) is 0.227. The second-order valence-corrected chi connectivity index (χ2v) is 7.30. The second kappa shape index (κ2) is 7.00. The fourth-order valence-electron chi connectivity index (χ4n) is 4.29. The van der Waals surface area contributed by atoms with E-state index in [1.165, 1.54) is 4.90 Å². The van der Waals surface area contributed by atoms with Crippen molar-refractivity contribution in [1.82, 2.24) is 15.3 Å². The van der Waals surface area contributed by atoms with Gasteiger partial charge in [-0.2, -0.15) is 0 Å². The number of nitrogens with one attached hydrogen (secondary N) is 1. The molecule has 1 fully saturated rings. The Kier molecular flexibility index (Phi) is 4.29. The van der Waals surface area contributed by atoms with Gasteiger partial charge in [-0.3, -0.25) is 34.6 Å². The maximum absolute atomic E-state index is 13.2. The molecular weight excluding hydrogens is 384 g/mol. The van der Waals surface area contributed by atoms with Gasteiger partial charge in [-0.1, -0.05) is 18.2 Å². The third kappa shape index (κ3) is 2.68. The van der Waals surface area contributed by atoms with Gasteiger partial charge in [-0.05, 0) is 18.6 Å². The Morgan fingerprint density at radius 1 is 1.17 bits per heavy atom. The van der Waals surface area contributed by atoms with Crippen molar-refractivity contribution in [2.24, 2.45) is 0 Å². The first-order valence-corrected chi connectivity index (χ1v) is 9.61. The lowest BCUT2D eigenvalue weighted by atomic mass is 9.99. The van der Waals surface area contributed by atoms with Crippen LogP contribution in [0.25, 0.3) is 10.8 Å². The number of hydrogen-bond donors (Lipinski definition) is 1. The number of carbonyl (C=O) groups excluding carboxylic acids is 3. The van der Waals surface area contributed by atoms with Crippen molar-refractivity contribution >= 4 is 34.2 Å². The molecule has 2 aliphatic heterocycles. The van der Waals surface area contributed by atoms with Crippen molar-refractivity contribution in [3.8, 4) is 0 Å². The van der Waals surface area contributed by atoms with Crippen LogP contribution in [0.1, 0.15) is 40.6 Å². The summed E-state index contributed by atoms with van der Waals surface area (Å²) in [5.41, 5.74) is 2.60. The number of piperidine rings is 1. The van der Waals surface area contributed by atoms with Crippen LogP contribution in [0.5, 0.6) is 0 Å². The molecule has 3 aromatic rings. The Bertz CT molecular complexity index is 1190. The average Bonchev–Trinajstić information content (AvgIpc) is 3.04. The van der Waals surface area contributed by atoms with E-state index < -0.39 is 18.1 Å². The molecule has 0 radical (unpaired) electrons. The van der Waals surface area contributed by atoms with Crippen LogP contribution in [0.4, 0.5) is 5.69 Å². The summed E-state index contributed by atoms with van der Waals surface area (Å²) in [4.78, 5) is 47.5. The van der Waals surface area contributed by atoms with Crippen LogP contribution in [0.2, 0.25) is 0 Å². The summed E-state index contributed by atoms with van der Waals surface area (Å²) in [5, 5.41) is 3.85. The molecule has 30 heavy (non-hydrogen) atoms. The van der Waals surface area contributed by atoms with Crippen molar-refractivity contribution < 1.29 is 19.1 Å². The number of aromatic nitrogens is 2. The molecule has 2 atom stereocenters. The van der Waals surface area contributed by atoms with Crippen LogP contribution < -0.4 is 10.2 Å². The highest BCUT2D eigenvalue weighted by molar-refractivity contribution is 6.27. The number of rotatable bonds is 4. The van der Waals surface area contributed by atoms with E-state index in [-0.39, 0.29) is 24.7 Å². The zero-order valence-corrected chi connectivity index (χ0v) is 16.2. The number of nitrogens with zero attached hydrogens (tertiary/aromatic N) is 3.